The molecule has 0 unspecified atom stereocenters. The minimum atomic E-state index is -0.506. The first-order valence-corrected chi connectivity index (χ1v) is 10.6. The van der Waals surface area contributed by atoms with Crippen molar-refractivity contribution in [1.82, 2.24) is 4.90 Å². The molecule has 1 fully saturated rings. The van der Waals surface area contributed by atoms with Gasteiger partial charge in [0.05, 0.1) is 18.4 Å². The van der Waals surface area contributed by atoms with E-state index in [1.54, 1.807) is 0 Å². The van der Waals surface area contributed by atoms with Gasteiger partial charge in [0.25, 0.3) is 0 Å². The lowest BCUT2D eigenvalue weighted by molar-refractivity contribution is -0.141. The second-order valence-electron chi connectivity index (χ2n) is 9.20. The SMILES string of the molecule is CC12c3ccccc3C(C)(c3ccccc31)[C@H]1C(=O)N(Cc3ccccc3)C(=O)[C@@H]12. The highest BCUT2D eigenvalue weighted by molar-refractivity contribution is 6.08. The molecule has 3 heteroatoms. The molecule has 0 radical (unpaired) electrons. The molecule has 148 valence electrons. The summed E-state index contributed by atoms with van der Waals surface area (Å²) in [5.41, 5.74) is 4.73. The Balaban J connectivity index is 1.59. The first-order valence-electron chi connectivity index (χ1n) is 10.6. The number of benzene rings is 3. The summed E-state index contributed by atoms with van der Waals surface area (Å²) < 4.78 is 0. The van der Waals surface area contributed by atoms with Gasteiger partial charge in [-0.2, -0.15) is 0 Å². The Morgan fingerprint density at radius 2 is 1.00 bits per heavy atom. The quantitative estimate of drug-likeness (QED) is 0.604. The van der Waals surface area contributed by atoms with Crippen molar-refractivity contribution in [2.24, 2.45) is 11.8 Å². The third-order valence-corrected chi connectivity index (χ3v) is 7.92. The zero-order valence-electron chi connectivity index (χ0n) is 17.1. The average Bonchev–Trinajstić information content (AvgIpc) is 3.04. The molecule has 1 heterocycles. The lowest BCUT2D eigenvalue weighted by Gasteiger charge is -2.57. The summed E-state index contributed by atoms with van der Waals surface area (Å²) in [7, 11) is 0. The fourth-order valence-electron chi connectivity index (χ4n) is 6.55. The number of carbonyl (C=O) groups excluding carboxylic acids is 2. The molecule has 0 N–H and O–H groups in total. The molecule has 0 spiro atoms. The summed E-state index contributed by atoms with van der Waals surface area (Å²) in [6.45, 7) is 4.67. The van der Waals surface area contributed by atoms with E-state index < -0.39 is 10.8 Å². The predicted molar refractivity (Wildman–Crippen MR) is 115 cm³/mol. The summed E-state index contributed by atoms with van der Waals surface area (Å²) in [6.07, 6.45) is 0. The summed E-state index contributed by atoms with van der Waals surface area (Å²) in [6, 6.07) is 26.6. The van der Waals surface area contributed by atoms with Crippen LogP contribution in [0.4, 0.5) is 0 Å². The molecule has 4 aliphatic rings. The van der Waals surface area contributed by atoms with Gasteiger partial charge < -0.3 is 0 Å². The van der Waals surface area contributed by atoms with E-state index in [9.17, 15) is 9.59 Å². The van der Waals surface area contributed by atoms with E-state index in [4.69, 9.17) is 0 Å². The third-order valence-electron chi connectivity index (χ3n) is 7.92. The maximum absolute atomic E-state index is 13.8. The van der Waals surface area contributed by atoms with Crippen molar-refractivity contribution in [3.8, 4) is 0 Å². The summed E-state index contributed by atoms with van der Waals surface area (Å²) >= 11 is 0. The van der Waals surface area contributed by atoms with Crippen LogP contribution in [0.1, 0.15) is 41.7 Å². The van der Waals surface area contributed by atoms with Crippen LogP contribution in [0.2, 0.25) is 0 Å². The highest BCUT2D eigenvalue weighted by atomic mass is 16.2. The second kappa shape index (κ2) is 5.69. The van der Waals surface area contributed by atoms with Gasteiger partial charge in [-0.3, -0.25) is 14.5 Å². The molecule has 3 aromatic rings. The van der Waals surface area contributed by atoms with Crippen LogP contribution >= 0.6 is 0 Å². The topological polar surface area (TPSA) is 37.4 Å². The van der Waals surface area contributed by atoms with Crippen LogP contribution in [0, 0.1) is 11.8 Å². The van der Waals surface area contributed by atoms with Gasteiger partial charge in [-0.05, 0) is 27.8 Å². The molecule has 1 aliphatic heterocycles. The van der Waals surface area contributed by atoms with Gasteiger partial charge in [-0.25, -0.2) is 0 Å². The molecule has 2 atom stereocenters. The Labute approximate surface area is 176 Å². The minimum absolute atomic E-state index is 0.0356. The van der Waals surface area contributed by atoms with Gasteiger partial charge in [-0.1, -0.05) is 92.7 Å². The number of hydrogen-bond acceptors (Lipinski definition) is 2. The number of rotatable bonds is 2. The average molecular weight is 393 g/mol. The van der Waals surface area contributed by atoms with Gasteiger partial charge in [-0.15, -0.1) is 0 Å². The molecule has 30 heavy (non-hydrogen) atoms. The van der Waals surface area contributed by atoms with Gasteiger partial charge in [0.1, 0.15) is 0 Å². The molecule has 2 amide bonds. The van der Waals surface area contributed by atoms with Gasteiger partial charge in [0, 0.05) is 10.8 Å². The van der Waals surface area contributed by atoms with Crippen molar-refractivity contribution in [3.63, 3.8) is 0 Å². The predicted octanol–water partition coefficient (Wildman–Crippen LogP) is 4.43. The first-order chi connectivity index (χ1) is 14.5. The van der Waals surface area contributed by atoms with E-state index in [1.807, 2.05) is 30.3 Å². The molecule has 3 aliphatic carbocycles. The first kappa shape index (κ1) is 17.6. The third kappa shape index (κ3) is 1.86. The van der Waals surface area contributed by atoms with E-state index in [2.05, 4.69) is 62.4 Å². The molecule has 3 nitrogen and oxygen atoms in total. The molecular formula is C27H23NO2. The Bertz CT molecular complexity index is 1090. The molecule has 1 saturated heterocycles. The van der Waals surface area contributed by atoms with Crippen molar-refractivity contribution >= 4 is 11.8 Å². The monoisotopic (exact) mass is 393 g/mol. The van der Waals surface area contributed by atoms with Crippen LogP contribution in [-0.2, 0) is 27.0 Å². The van der Waals surface area contributed by atoms with E-state index in [0.717, 1.165) is 5.56 Å². The Hall–Kier alpha value is -3.20. The van der Waals surface area contributed by atoms with E-state index >= 15 is 0 Å². The summed E-state index contributed by atoms with van der Waals surface area (Å²) in [5, 5.41) is 0. The highest BCUT2D eigenvalue weighted by Gasteiger charge is 2.70. The van der Waals surface area contributed by atoms with Crippen LogP contribution in [0.25, 0.3) is 0 Å². The standard InChI is InChI=1S/C27H23NO2/c1-26-18-12-6-8-14-20(18)27(2,21-15-9-7-13-19(21)26)23-22(26)24(29)28(25(23)30)16-17-10-4-3-5-11-17/h3-15,22-23H,16H2,1-2H3/t22-,23-,26?,27?/m1/s1. The summed E-state index contributed by atoms with van der Waals surface area (Å²) in [5.74, 6) is -0.815. The van der Waals surface area contributed by atoms with Gasteiger partial charge >= 0.3 is 0 Å². The highest BCUT2D eigenvalue weighted by Crippen LogP contribution is 2.66. The number of hydrogen-bond donors (Lipinski definition) is 0. The summed E-state index contributed by atoms with van der Waals surface area (Å²) in [4.78, 5) is 29.1. The van der Waals surface area contributed by atoms with Gasteiger partial charge in [0.2, 0.25) is 11.8 Å². The van der Waals surface area contributed by atoms with E-state index in [1.165, 1.54) is 27.2 Å². The minimum Gasteiger partial charge on any atom is -0.278 e. The molecular weight excluding hydrogens is 370 g/mol. The van der Waals surface area contributed by atoms with Crippen molar-refractivity contribution in [2.75, 3.05) is 0 Å². The number of carbonyl (C=O) groups is 2. The Morgan fingerprint density at radius 1 is 0.633 bits per heavy atom. The fourth-order valence-corrected chi connectivity index (χ4v) is 6.55. The maximum atomic E-state index is 13.8. The molecule has 7 rings (SSSR count). The molecule has 2 bridgehead atoms. The number of likely N-dealkylation sites (tertiary alicyclic amines) is 1. The van der Waals surface area contributed by atoms with Crippen molar-refractivity contribution < 1.29 is 9.59 Å². The van der Waals surface area contributed by atoms with Crippen molar-refractivity contribution in [2.45, 2.75) is 31.2 Å². The maximum Gasteiger partial charge on any atom is 0.234 e. The zero-order chi connectivity index (χ0) is 20.7. The lowest BCUT2D eigenvalue weighted by atomic mass is 9.42. The van der Waals surface area contributed by atoms with E-state index in [-0.39, 0.29) is 23.7 Å². The van der Waals surface area contributed by atoms with Crippen LogP contribution in [-0.4, -0.2) is 16.7 Å². The fraction of sp³-hybridized carbons (Fsp3) is 0.259. The second-order valence-corrected chi connectivity index (χ2v) is 9.20. The van der Waals surface area contributed by atoms with Crippen LogP contribution in [0.5, 0.6) is 0 Å². The molecule has 3 aromatic carbocycles. The van der Waals surface area contributed by atoms with Crippen LogP contribution in [0.3, 0.4) is 0 Å². The largest absolute Gasteiger partial charge is 0.278 e. The number of nitrogens with zero attached hydrogens (tertiary/aromatic N) is 1. The number of amides is 2. The smallest absolute Gasteiger partial charge is 0.234 e. The molecule has 0 aromatic heterocycles. The number of imide groups is 1. The zero-order valence-corrected chi connectivity index (χ0v) is 17.1. The normalized spacial score (nSPS) is 30.8. The van der Waals surface area contributed by atoms with Gasteiger partial charge in [0.15, 0.2) is 0 Å². The molecule has 0 saturated carbocycles. The van der Waals surface area contributed by atoms with Crippen LogP contribution < -0.4 is 0 Å². The Kier molecular flexibility index (Phi) is 3.35. The lowest BCUT2D eigenvalue weighted by Crippen LogP contribution is -2.59. The van der Waals surface area contributed by atoms with Crippen molar-refractivity contribution in [3.05, 3.63) is 107 Å². The Morgan fingerprint density at radius 3 is 1.40 bits per heavy atom. The van der Waals surface area contributed by atoms with E-state index in [0.29, 0.717) is 6.54 Å². The van der Waals surface area contributed by atoms with Crippen LogP contribution in [0.15, 0.2) is 78.9 Å². The van der Waals surface area contributed by atoms with Crippen molar-refractivity contribution in [1.29, 1.82) is 0 Å².